The number of hydrogen-bond acceptors (Lipinski definition) is 3. The highest BCUT2D eigenvalue weighted by atomic mass is 19.2. The number of benzene rings is 1. The van der Waals surface area contributed by atoms with E-state index in [9.17, 15) is 8.78 Å². The molecule has 21 heavy (non-hydrogen) atoms. The van der Waals surface area contributed by atoms with E-state index >= 15 is 0 Å². The van der Waals surface area contributed by atoms with Gasteiger partial charge in [0.1, 0.15) is 0 Å². The zero-order chi connectivity index (χ0) is 15.5. The molecule has 2 rings (SSSR count). The summed E-state index contributed by atoms with van der Waals surface area (Å²) < 4.78 is 26.7. The molecule has 1 aliphatic rings. The van der Waals surface area contributed by atoms with Gasteiger partial charge in [0.05, 0.1) is 6.04 Å². The largest absolute Gasteiger partial charge is 0.296 e. The number of likely N-dealkylation sites (tertiary alicyclic amines) is 1. The number of halogens is 2. The molecule has 3 N–H and O–H groups in total. The second-order valence-corrected chi connectivity index (χ2v) is 6.03. The number of piperidine rings is 1. The van der Waals surface area contributed by atoms with Gasteiger partial charge in [-0.25, -0.2) is 8.78 Å². The van der Waals surface area contributed by atoms with Crippen molar-refractivity contribution >= 4 is 0 Å². The topological polar surface area (TPSA) is 41.3 Å². The minimum atomic E-state index is -0.829. The van der Waals surface area contributed by atoms with E-state index in [1.165, 1.54) is 31.4 Å². The molecule has 2 unspecified atom stereocenters. The van der Waals surface area contributed by atoms with Crippen LogP contribution in [0.5, 0.6) is 0 Å². The fourth-order valence-corrected chi connectivity index (χ4v) is 3.34. The summed E-state index contributed by atoms with van der Waals surface area (Å²) in [6.45, 7) is 6.29. The number of hydrazine groups is 1. The van der Waals surface area contributed by atoms with Crippen LogP contribution in [0.2, 0.25) is 0 Å². The second-order valence-electron chi connectivity index (χ2n) is 6.03. The first-order valence-electron chi connectivity index (χ1n) is 7.69. The van der Waals surface area contributed by atoms with Gasteiger partial charge < -0.3 is 0 Å². The third kappa shape index (κ3) is 3.25. The normalized spacial score (nSPS) is 21.0. The molecule has 1 aromatic carbocycles. The lowest BCUT2D eigenvalue weighted by Crippen LogP contribution is -2.57. The van der Waals surface area contributed by atoms with Gasteiger partial charge in [-0.1, -0.05) is 19.4 Å². The average Bonchev–Trinajstić information content (AvgIpc) is 2.52. The van der Waals surface area contributed by atoms with Crippen molar-refractivity contribution in [2.75, 3.05) is 13.1 Å². The molecule has 1 heterocycles. The van der Waals surface area contributed by atoms with Crippen molar-refractivity contribution in [1.29, 1.82) is 0 Å². The maximum Gasteiger partial charge on any atom is 0.159 e. The Morgan fingerprint density at radius 1 is 1.24 bits per heavy atom. The van der Waals surface area contributed by atoms with E-state index in [2.05, 4.69) is 24.2 Å². The van der Waals surface area contributed by atoms with E-state index in [1.807, 2.05) is 0 Å². The lowest BCUT2D eigenvalue weighted by molar-refractivity contribution is 0.0423. The number of nitrogens with two attached hydrogens (primary N) is 1. The van der Waals surface area contributed by atoms with Gasteiger partial charge in [-0.15, -0.1) is 0 Å². The van der Waals surface area contributed by atoms with Gasteiger partial charge in [0.2, 0.25) is 0 Å². The summed E-state index contributed by atoms with van der Waals surface area (Å²) >= 11 is 0. The van der Waals surface area contributed by atoms with Crippen LogP contribution in [0.1, 0.15) is 51.1 Å². The van der Waals surface area contributed by atoms with Crippen LogP contribution in [0.25, 0.3) is 0 Å². The molecule has 0 bridgehead atoms. The highest BCUT2D eigenvalue weighted by molar-refractivity contribution is 5.25. The van der Waals surface area contributed by atoms with E-state index in [0.717, 1.165) is 19.5 Å². The maximum atomic E-state index is 13.6. The van der Waals surface area contributed by atoms with Crippen molar-refractivity contribution in [2.24, 2.45) is 5.84 Å². The average molecular weight is 297 g/mol. The summed E-state index contributed by atoms with van der Waals surface area (Å²) in [5.41, 5.74) is 3.29. The van der Waals surface area contributed by atoms with Crippen molar-refractivity contribution in [2.45, 2.75) is 51.1 Å². The predicted molar refractivity (Wildman–Crippen MR) is 80.5 cm³/mol. The predicted octanol–water partition coefficient (Wildman–Crippen LogP) is 3.12. The first-order valence-corrected chi connectivity index (χ1v) is 7.69. The van der Waals surface area contributed by atoms with Crippen molar-refractivity contribution in [3.63, 3.8) is 0 Å². The molecule has 118 valence electrons. The number of rotatable bonds is 5. The fourth-order valence-electron chi connectivity index (χ4n) is 3.34. The highest BCUT2D eigenvalue weighted by Crippen LogP contribution is 2.36. The molecule has 2 atom stereocenters. The molecule has 3 nitrogen and oxygen atoms in total. The van der Waals surface area contributed by atoms with E-state index in [1.54, 1.807) is 6.07 Å². The summed E-state index contributed by atoms with van der Waals surface area (Å²) in [4.78, 5) is 2.42. The van der Waals surface area contributed by atoms with E-state index in [4.69, 9.17) is 5.84 Å². The molecule has 0 aliphatic carbocycles. The Morgan fingerprint density at radius 2 is 1.90 bits per heavy atom. The third-order valence-corrected chi connectivity index (χ3v) is 4.86. The SMILES string of the molecule is CCC(C)(C(NN)c1ccc(F)c(F)c1)N1CCCCC1. The second kappa shape index (κ2) is 6.81. The monoisotopic (exact) mass is 297 g/mol. The summed E-state index contributed by atoms with van der Waals surface area (Å²) in [6.07, 6.45) is 4.47. The van der Waals surface area contributed by atoms with Crippen LogP contribution in [0, 0.1) is 11.6 Å². The first-order chi connectivity index (χ1) is 10.0. The molecule has 5 heteroatoms. The molecule has 1 fully saturated rings. The summed E-state index contributed by atoms with van der Waals surface area (Å²) in [7, 11) is 0. The molecule has 1 saturated heterocycles. The van der Waals surface area contributed by atoms with E-state index in [0.29, 0.717) is 5.56 Å². The zero-order valence-electron chi connectivity index (χ0n) is 12.8. The van der Waals surface area contributed by atoms with Crippen LogP contribution in [0.15, 0.2) is 18.2 Å². The number of hydrogen-bond donors (Lipinski definition) is 2. The smallest absolute Gasteiger partial charge is 0.159 e. The minimum Gasteiger partial charge on any atom is -0.296 e. The van der Waals surface area contributed by atoms with Crippen molar-refractivity contribution in [3.05, 3.63) is 35.4 Å². The molecular weight excluding hydrogens is 272 g/mol. The summed E-state index contributed by atoms with van der Waals surface area (Å²) in [5.74, 6) is 4.11. The quantitative estimate of drug-likeness (QED) is 0.648. The fraction of sp³-hybridized carbons (Fsp3) is 0.625. The van der Waals surface area contributed by atoms with Crippen molar-refractivity contribution in [3.8, 4) is 0 Å². The lowest BCUT2D eigenvalue weighted by atomic mass is 9.82. The molecule has 0 spiro atoms. The van der Waals surface area contributed by atoms with Gasteiger partial charge in [0.25, 0.3) is 0 Å². The van der Waals surface area contributed by atoms with Gasteiger partial charge in [0, 0.05) is 5.54 Å². The van der Waals surface area contributed by atoms with Gasteiger partial charge in [-0.05, 0) is 57.0 Å². The molecule has 0 radical (unpaired) electrons. The van der Waals surface area contributed by atoms with E-state index < -0.39 is 11.6 Å². The third-order valence-electron chi connectivity index (χ3n) is 4.86. The van der Waals surface area contributed by atoms with Gasteiger partial charge in [-0.2, -0.15) is 0 Å². The van der Waals surface area contributed by atoms with Crippen molar-refractivity contribution < 1.29 is 8.78 Å². The van der Waals surface area contributed by atoms with Gasteiger partial charge in [0.15, 0.2) is 11.6 Å². The number of nitrogens with one attached hydrogen (secondary N) is 1. The summed E-state index contributed by atoms with van der Waals surface area (Å²) in [6, 6.07) is 3.79. The number of nitrogens with zero attached hydrogens (tertiary/aromatic N) is 1. The molecule has 0 amide bonds. The molecule has 1 aromatic rings. The molecular formula is C16H25F2N3. The Labute approximate surface area is 125 Å². The van der Waals surface area contributed by atoms with E-state index in [-0.39, 0.29) is 11.6 Å². The van der Waals surface area contributed by atoms with Crippen molar-refractivity contribution in [1.82, 2.24) is 10.3 Å². The Kier molecular flexibility index (Phi) is 5.30. The van der Waals surface area contributed by atoms with Crippen LogP contribution in [0.3, 0.4) is 0 Å². The lowest BCUT2D eigenvalue weighted by Gasteiger charge is -2.48. The Balaban J connectivity index is 2.33. The van der Waals surface area contributed by atoms with Crippen LogP contribution in [-0.2, 0) is 0 Å². The molecule has 0 saturated carbocycles. The van der Waals surface area contributed by atoms with Crippen LogP contribution in [0.4, 0.5) is 8.78 Å². The minimum absolute atomic E-state index is 0.223. The standard InChI is InChI=1S/C16H25F2N3/c1-3-16(2,21-9-5-4-6-10-21)15(20-19)12-7-8-13(17)14(18)11-12/h7-8,11,15,20H,3-6,9-10,19H2,1-2H3. The Hall–Kier alpha value is -1.04. The van der Waals surface area contributed by atoms with Crippen LogP contribution >= 0.6 is 0 Å². The Morgan fingerprint density at radius 3 is 2.43 bits per heavy atom. The van der Waals surface area contributed by atoms with Gasteiger partial charge >= 0.3 is 0 Å². The van der Waals surface area contributed by atoms with Crippen LogP contribution in [-0.4, -0.2) is 23.5 Å². The molecule has 1 aliphatic heterocycles. The first kappa shape index (κ1) is 16.3. The Bertz CT molecular complexity index is 475. The zero-order valence-corrected chi connectivity index (χ0v) is 12.8. The summed E-state index contributed by atoms with van der Waals surface area (Å²) in [5, 5.41) is 0. The highest BCUT2D eigenvalue weighted by Gasteiger charge is 2.39. The maximum absolute atomic E-state index is 13.6. The molecule has 0 aromatic heterocycles. The van der Waals surface area contributed by atoms with Crippen LogP contribution < -0.4 is 11.3 Å². The van der Waals surface area contributed by atoms with Gasteiger partial charge in [-0.3, -0.25) is 16.2 Å².